The maximum absolute atomic E-state index is 14.6. The van der Waals surface area contributed by atoms with Crippen LogP contribution >= 0.6 is 0 Å². The summed E-state index contributed by atoms with van der Waals surface area (Å²) in [6.07, 6.45) is 1.84. The fourth-order valence-electron chi connectivity index (χ4n) is 12.7. The fraction of sp³-hybridized carbons (Fsp3) is 0.571. The van der Waals surface area contributed by atoms with E-state index in [1.54, 1.807) is 0 Å². The molecule has 0 amide bonds. The van der Waals surface area contributed by atoms with E-state index in [9.17, 15) is 14.7 Å². The van der Waals surface area contributed by atoms with E-state index in [-0.39, 0.29) is 48.1 Å². The molecular weight excluding hydrogens is 616 g/mol. The second kappa shape index (κ2) is 10.8. The van der Waals surface area contributed by atoms with E-state index in [2.05, 4.69) is 19.1 Å². The highest BCUT2D eigenvalue weighted by Crippen LogP contribution is 2.91. The highest BCUT2D eigenvalue weighted by Gasteiger charge is 2.88. The van der Waals surface area contributed by atoms with Gasteiger partial charge in [-0.05, 0) is 65.2 Å². The number of benzene rings is 2. The molecule has 4 saturated carbocycles. The van der Waals surface area contributed by atoms with E-state index in [1.165, 1.54) is 5.56 Å². The normalized spacial score (nSPS) is 42.4. The zero-order chi connectivity index (χ0) is 34.0. The van der Waals surface area contributed by atoms with Crippen molar-refractivity contribution in [2.45, 2.75) is 96.4 Å². The number of Topliss-reactive ketones (excluding diaryl/α,β-unsaturated/α-hetero) is 2. The largest absolute Gasteiger partial charge is 0.386 e. The van der Waals surface area contributed by atoms with Gasteiger partial charge >= 0.3 is 0 Å². The van der Waals surface area contributed by atoms with Crippen LogP contribution in [-0.2, 0) is 41.8 Å². The Kier molecular flexibility index (Phi) is 7.04. The zero-order valence-electron chi connectivity index (χ0n) is 28.9. The van der Waals surface area contributed by atoms with Crippen molar-refractivity contribution in [3.05, 3.63) is 95.1 Å². The first-order valence-electron chi connectivity index (χ1n) is 18.2. The van der Waals surface area contributed by atoms with Gasteiger partial charge in [0.25, 0.3) is 0 Å². The molecule has 2 aromatic rings. The van der Waals surface area contributed by atoms with Gasteiger partial charge in [0.15, 0.2) is 5.78 Å². The summed E-state index contributed by atoms with van der Waals surface area (Å²) < 4.78 is 25.6. The van der Waals surface area contributed by atoms with Crippen LogP contribution in [0, 0.1) is 39.4 Å². The van der Waals surface area contributed by atoms with Gasteiger partial charge in [0.1, 0.15) is 30.4 Å². The second-order valence-electron chi connectivity index (χ2n) is 16.9. The molecule has 1 N–H and O–H groups in total. The summed E-state index contributed by atoms with van der Waals surface area (Å²) in [5, 5.41) is 12.4. The number of carbonyl (C=O) groups is 2. The van der Waals surface area contributed by atoms with Crippen LogP contribution in [0.5, 0.6) is 0 Å². The van der Waals surface area contributed by atoms with Crippen LogP contribution in [-0.4, -0.2) is 54.0 Å². The summed E-state index contributed by atoms with van der Waals surface area (Å²) in [7, 11) is 0. The molecule has 2 aliphatic heterocycles. The number of hydrogen-bond donors (Lipinski definition) is 1. The average Bonchev–Trinajstić information content (AvgIpc) is 3.51. The molecule has 8 aliphatic rings. The molecule has 2 spiro atoms. The van der Waals surface area contributed by atoms with Gasteiger partial charge < -0.3 is 24.1 Å². The summed E-state index contributed by atoms with van der Waals surface area (Å²) in [6, 6.07) is 20.4. The molecule has 2 heterocycles. The van der Waals surface area contributed by atoms with Gasteiger partial charge in [-0.1, -0.05) is 93.6 Å². The number of fused-ring (bicyclic) bond motifs is 2. The fourth-order valence-corrected chi connectivity index (χ4v) is 12.7. The van der Waals surface area contributed by atoms with Crippen LogP contribution in [0.4, 0.5) is 0 Å². The van der Waals surface area contributed by atoms with Gasteiger partial charge in [-0.3, -0.25) is 9.59 Å². The Morgan fingerprint density at radius 3 is 2.31 bits per heavy atom. The highest BCUT2D eigenvalue weighted by molar-refractivity contribution is 5.96. The zero-order valence-corrected chi connectivity index (χ0v) is 28.9. The number of carbonyl (C=O) groups excluding carboxylic acids is 2. The van der Waals surface area contributed by atoms with E-state index in [4.69, 9.17) is 25.5 Å². The molecule has 2 aromatic carbocycles. The summed E-state index contributed by atoms with van der Waals surface area (Å²) >= 11 is 0. The molecule has 2 saturated heterocycles. The number of ether oxygens (including phenoxy) is 4. The van der Waals surface area contributed by atoms with Gasteiger partial charge in [-0.2, -0.15) is 0 Å². The van der Waals surface area contributed by atoms with Crippen molar-refractivity contribution in [1.82, 2.24) is 0 Å². The Morgan fingerprint density at radius 1 is 0.939 bits per heavy atom. The third kappa shape index (κ3) is 3.97. The third-order valence-electron chi connectivity index (χ3n) is 14.5. The first-order valence-corrected chi connectivity index (χ1v) is 18.2. The van der Waals surface area contributed by atoms with Crippen molar-refractivity contribution < 1.29 is 33.6 Å². The van der Waals surface area contributed by atoms with Crippen LogP contribution < -0.4 is 0 Å². The minimum Gasteiger partial charge on any atom is -0.386 e. The topological polar surface area (TPSA) is 91.3 Å². The van der Waals surface area contributed by atoms with Gasteiger partial charge in [0.2, 0.25) is 0 Å². The quantitative estimate of drug-likeness (QED) is 0.176. The monoisotopic (exact) mass is 664 g/mol. The summed E-state index contributed by atoms with van der Waals surface area (Å²) in [5.41, 5.74) is 2.48. The molecule has 10 rings (SSSR count). The Hall–Kier alpha value is -2.94. The molecule has 7 heteroatoms. The van der Waals surface area contributed by atoms with E-state index in [0.29, 0.717) is 38.1 Å². The summed E-state index contributed by atoms with van der Waals surface area (Å²) in [6.45, 7) is 13.1. The average molecular weight is 665 g/mol. The number of aliphatic hydroxyl groups is 1. The predicted molar refractivity (Wildman–Crippen MR) is 182 cm³/mol. The standard InChI is InChI=1S/C42H48O7/c1-25-40(30-17-28(30)23-46-21-26-11-7-5-8-12-26)20-34(48-24-47-22-27-13-9-6-10-14-27)42(25)31-18-32(43)35-38(2,3)37-33(44)19-41(35,49-37)36(45)29(31)15-16-39(40,42)4/h5-14,28,30,34-37,45H,1,15-24H2,2-4H3/t28-,30+,34-,35+,36+,37-,39-,40+,41+,42-/m0/s1. The maximum Gasteiger partial charge on any atom is 0.165 e. The lowest BCUT2D eigenvalue weighted by Crippen LogP contribution is -2.65. The molecular formula is C42H48O7. The summed E-state index contributed by atoms with van der Waals surface area (Å²) in [4.78, 5) is 27.7. The number of hydrogen-bond acceptors (Lipinski definition) is 7. The minimum absolute atomic E-state index is 0.00469. The van der Waals surface area contributed by atoms with Crippen molar-refractivity contribution in [3.8, 4) is 0 Å². The van der Waals surface area contributed by atoms with Gasteiger partial charge in [0, 0.05) is 29.1 Å². The predicted octanol–water partition coefficient (Wildman–Crippen LogP) is 6.53. The van der Waals surface area contributed by atoms with E-state index in [0.717, 1.165) is 41.5 Å². The van der Waals surface area contributed by atoms with Crippen molar-refractivity contribution in [2.24, 2.45) is 39.4 Å². The molecule has 6 aliphatic carbocycles. The number of ketones is 2. The lowest BCUT2D eigenvalue weighted by atomic mass is 9.33. The van der Waals surface area contributed by atoms with Crippen LogP contribution in [0.15, 0.2) is 84.0 Å². The summed E-state index contributed by atoms with van der Waals surface area (Å²) in [5.74, 6) is 0.379. The molecule has 0 aromatic heterocycles. The smallest absolute Gasteiger partial charge is 0.165 e. The Bertz CT molecular complexity index is 1750. The van der Waals surface area contributed by atoms with Crippen LogP contribution in [0.25, 0.3) is 0 Å². The van der Waals surface area contributed by atoms with Gasteiger partial charge in [-0.15, -0.1) is 0 Å². The third-order valence-corrected chi connectivity index (χ3v) is 14.5. The van der Waals surface area contributed by atoms with Gasteiger partial charge in [-0.25, -0.2) is 0 Å². The number of rotatable bonds is 10. The molecule has 0 radical (unpaired) electrons. The maximum atomic E-state index is 14.6. The van der Waals surface area contributed by atoms with Crippen molar-refractivity contribution in [1.29, 1.82) is 0 Å². The Balaban J connectivity index is 1.04. The first-order chi connectivity index (χ1) is 23.5. The van der Waals surface area contributed by atoms with E-state index < -0.39 is 34.6 Å². The number of aliphatic hydroxyl groups excluding tert-OH is 1. The molecule has 10 atom stereocenters. The molecule has 49 heavy (non-hydrogen) atoms. The second-order valence-corrected chi connectivity index (χ2v) is 16.9. The Morgan fingerprint density at radius 2 is 1.61 bits per heavy atom. The van der Waals surface area contributed by atoms with Crippen LogP contribution in [0.3, 0.4) is 0 Å². The first kappa shape index (κ1) is 32.0. The molecule has 0 unspecified atom stereocenters. The molecule has 6 fully saturated rings. The Labute approximate surface area is 289 Å². The lowest BCUT2D eigenvalue weighted by molar-refractivity contribution is -0.150. The minimum atomic E-state index is -1.20. The van der Waals surface area contributed by atoms with Crippen LogP contribution in [0.2, 0.25) is 0 Å². The van der Waals surface area contributed by atoms with Gasteiger partial charge in [0.05, 0.1) is 31.8 Å². The molecule has 258 valence electrons. The van der Waals surface area contributed by atoms with E-state index >= 15 is 0 Å². The van der Waals surface area contributed by atoms with E-state index in [1.807, 2.05) is 62.4 Å². The molecule has 4 bridgehead atoms. The van der Waals surface area contributed by atoms with Crippen LogP contribution in [0.1, 0.15) is 70.4 Å². The highest BCUT2D eigenvalue weighted by atomic mass is 16.7. The SMILES string of the molecule is C=C1[C@@]23C4=C(CC[C@@]2(C)[C@]1([C@@H]1C[C@H]1COCc1ccccc1)C[C@@H]3OCOCc1ccccc1)[C@@H](O)[C@]12CC(=O)[C@H](O1)C(C)(C)[C@H]2C(=O)C4. The van der Waals surface area contributed by atoms with Crippen molar-refractivity contribution in [2.75, 3.05) is 13.4 Å². The van der Waals surface area contributed by atoms with Crippen molar-refractivity contribution in [3.63, 3.8) is 0 Å². The molecule has 7 nitrogen and oxygen atoms in total. The van der Waals surface area contributed by atoms with Crippen molar-refractivity contribution >= 4 is 11.6 Å². The lowest BCUT2D eigenvalue weighted by Gasteiger charge is -2.70.